The summed E-state index contributed by atoms with van der Waals surface area (Å²) in [5.41, 5.74) is 0. The normalized spacial score (nSPS) is 26.5. The summed E-state index contributed by atoms with van der Waals surface area (Å²) in [4.78, 5) is 0. The summed E-state index contributed by atoms with van der Waals surface area (Å²) < 4.78 is -0.898. The molecule has 58 valence electrons. The number of nitrogens with zero attached hydrogens (tertiary/aromatic N) is 1. The van der Waals surface area contributed by atoms with Crippen LogP contribution in [0.1, 0.15) is 6.42 Å². The maximum absolute atomic E-state index is 8.43. The maximum atomic E-state index is 8.43. The Hall–Kier alpha value is -0.450. The minimum Gasteiger partial charge on any atom is -0.198 e. The Bertz CT molecular complexity index is 235. The van der Waals surface area contributed by atoms with Gasteiger partial charge >= 0.3 is 0 Å². The van der Waals surface area contributed by atoms with Crippen molar-refractivity contribution in [2.75, 3.05) is 0 Å². The molecular weight excluding hydrogens is 181 g/mol. The molecule has 0 bridgehead atoms. The fourth-order valence-electron chi connectivity index (χ4n) is 0.936. The second-order valence-electron chi connectivity index (χ2n) is 2.39. The minimum atomic E-state index is -0.898. The summed E-state index contributed by atoms with van der Waals surface area (Å²) in [6.45, 7) is 0. The molecule has 0 saturated heterocycles. The van der Waals surface area contributed by atoms with E-state index in [0.717, 1.165) is 0 Å². The van der Waals surface area contributed by atoms with Crippen LogP contribution in [0, 0.1) is 17.2 Å². The van der Waals surface area contributed by atoms with Crippen LogP contribution in [0.15, 0.2) is 24.3 Å². The molecular formula is C8H7Cl2N. The van der Waals surface area contributed by atoms with E-state index in [2.05, 4.69) is 0 Å². The van der Waals surface area contributed by atoms with Crippen molar-refractivity contribution < 1.29 is 0 Å². The fraction of sp³-hybridized carbons (Fsp3) is 0.375. The summed E-state index contributed by atoms with van der Waals surface area (Å²) in [5.74, 6) is -0.0826. The SMILES string of the molecule is N#CCC1C=CC=CC1(Cl)Cl. The number of nitriles is 1. The molecule has 11 heavy (non-hydrogen) atoms. The molecule has 0 heterocycles. The van der Waals surface area contributed by atoms with E-state index in [1.165, 1.54) is 0 Å². The van der Waals surface area contributed by atoms with Gasteiger partial charge in [0.25, 0.3) is 0 Å². The van der Waals surface area contributed by atoms with Gasteiger partial charge in [-0.15, -0.1) is 0 Å². The van der Waals surface area contributed by atoms with Gasteiger partial charge in [-0.2, -0.15) is 5.26 Å². The number of alkyl halides is 2. The fourth-order valence-corrected chi connectivity index (χ4v) is 1.38. The van der Waals surface area contributed by atoms with Gasteiger partial charge in [0.15, 0.2) is 0 Å². The van der Waals surface area contributed by atoms with Gasteiger partial charge in [0.2, 0.25) is 0 Å². The first-order chi connectivity index (χ1) is 5.17. The minimum absolute atomic E-state index is 0.0826. The summed E-state index contributed by atoms with van der Waals surface area (Å²) in [6, 6.07) is 2.04. The van der Waals surface area contributed by atoms with E-state index in [9.17, 15) is 0 Å². The number of hydrogen-bond donors (Lipinski definition) is 0. The van der Waals surface area contributed by atoms with Crippen molar-refractivity contribution in [1.82, 2.24) is 0 Å². The van der Waals surface area contributed by atoms with E-state index < -0.39 is 4.33 Å². The Morgan fingerprint density at radius 1 is 1.45 bits per heavy atom. The second-order valence-corrected chi connectivity index (χ2v) is 3.83. The standard InChI is InChI=1S/C8H7Cl2N/c9-8(10)5-2-1-3-7(8)4-6-11/h1-3,5,7H,4H2. The van der Waals surface area contributed by atoms with E-state index >= 15 is 0 Å². The van der Waals surface area contributed by atoms with E-state index in [1.807, 2.05) is 18.2 Å². The average molecular weight is 188 g/mol. The van der Waals surface area contributed by atoms with Crippen molar-refractivity contribution in [1.29, 1.82) is 5.26 Å². The van der Waals surface area contributed by atoms with Crippen molar-refractivity contribution >= 4 is 23.2 Å². The summed E-state index contributed by atoms with van der Waals surface area (Å²) >= 11 is 11.8. The molecule has 1 aliphatic rings. The largest absolute Gasteiger partial charge is 0.198 e. The lowest BCUT2D eigenvalue weighted by atomic mass is 9.97. The Morgan fingerprint density at radius 3 is 2.73 bits per heavy atom. The van der Waals surface area contributed by atoms with Crippen LogP contribution in [0.3, 0.4) is 0 Å². The molecule has 0 saturated carbocycles. The van der Waals surface area contributed by atoms with Crippen molar-refractivity contribution in [3.8, 4) is 6.07 Å². The number of rotatable bonds is 1. The van der Waals surface area contributed by atoms with Crippen molar-refractivity contribution in [2.45, 2.75) is 10.8 Å². The van der Waals surface area contributed by atoms with Gasteiger partial charge < -0.3 is 0 Å². The molecule has 1 atom stereocenters. The molecule has 0 aromatic carbocycles. The molecule has 0 aromatic heterocycles. The zero-order valence-corrected chi connectivity index (χ0v) is 7.31. The van der Waals surface area contributed by atoms with Crippen molar-refractivity contribution in [3.63, 3.8) is 0 Å². The van der Waals surface area contributed by atoms with Gasteiger partial charge in [-0.25, -0.2) is 0 Å². The molecule has 3 heteroatoms. The third kappa shape index (κ3) is 1.99. The first-order valence-electron chi connectivity index (χ1n) is 3.27. The van der Waals surface area contributed by atoms with Gasteiger partial charge in [-0.3, -0.25) is 0 Å². The Balaban J connectivity index is 2.73. The van der Waals surface area contributed by atoms with E-state index in [0.29, 0.717) is 6.42 Å². The molecule has 0 radical (unpaired) electrons. The first-order valence-corrected chi connectivity index (χ1v) is 4.03. The Kier molecular flexibility index (Phi) is 2.59. The Labute approximate surface area is 75.9 Å². The third-order valence-electron chi connectivity index (χ3n) is 1.58. The molecule has 0 amide bonds. The Morgan fingerprint density at radius 2 is 2.18 bits per heavy atom. The van der Waals surface area contributed by atoms with Crippen molar-refractivity contribution in [3.05, 3.63) is 24.3 Å². The summed E-state index contributed by atoms with van der Waals surface area (Å²) in [6.07, 6.45) is 7.54. The van der Waals surface area contributed by atoms with Gasteiger partial charge in [0.05, 0.1) is 6.07 Å². The zero-order valence-electron chi connectivity index (χ0n) is 5.80. The zero-order chi connectivity index (χ0) is 8.32. The van der Waals surface area contributed by atoms with Crippen LogP contribution in [0.5, 0.6) is 0 Å². The molecule has 0 fully saturated rings. The van der Waals surface area contributed by atoms with Crippen LogP contribution >= 0.6 is 23.2 Å². The highest BCUT2D eigenvalue weighted by Gasteiger charge is 2.31. The smallest absolute Gasteiger partial charge is 0.143 e. The molecule has 1 unspecified atom stereocenters. The lowest BCUT2D eigenvalue weighted by molar-refractivity contribution is 0.640. The van der Waals surface area contributed by atoms with Crippen LogP contribution < -0.4 is 0 Å². The molecule has 0 aromatic rings. The monoisotopic (exact) mass is 187 g/mol. The molecule has 0 N–H and O–H groups in total. The highest BCUT2D eigenvalue weighted by molar-refractivity contribution is 6.50. The third-order valence-corrected chi connectivity index (χ3v) is 2.39. The predicted molar refractivity (Wildman–Crippen MR) is 46.4 cm³/mol. The van der Waals surface area contributed by atoms with Gasteiger partial charge in [-0.1, -0.05) is 41.4 Å². The highest BCUT2D eigenvalue weighted by atomic mass is 35.5. The van der Waals surface area contributed by atoms with Crippen LogP contribution in [0.2, 0.25) is 0 Å². The van der Waals surface area contributed by atoms with Crippen molar-refractivity contribution in [2.24, 2.45) is 5.92 Å². The lowest BCUT2D eigenvalue weighted by Gasteiger charge is -2.24. The van der Waals surface area contributed by atoms with E-state index in [1.54, 1.807) is 12.2 Å². The van der Waals surface area contributed by atoms with E-state index in [-0.39, 0.29) is 5.92 Å². The molecule has 1 aliphatic carbocycles. The quantitative estimate of drug-likeness (QED) is 0.580. The molecule has 0 aliphatic heterocycles. The summed E-state index contributed by atoms with van der Waals surface area (Å²) in [7, 11) is 0. The lowest BCUT2D eigenvalue weighted by Crippen LogP contribution is -2.22. The topological polar surface area (TPSA) is 23.8 Å². The van der Waals surface area contributed by atoms with E-state index in [4.69, 9.17) is 28.5 Å². The van der Waals surface area contributed by atoms with Gasteiger partial charge in [0.1, 0.15) is 4.33 Å². The number of hydrogen-bond acceptors (Lipinski definition) is 1. The number of halogens is 2. The van der Waals surface area contributed by atoms with Crippen LogP contribution in [-0.4, -0.2) is 4.33 Å². The molecule has 0 spiro atoms. The summed E-state index contributed by atoms with van der Waals surface area (Å²) in [5, 5.41) is 8.43. The van der Waals surface area contributed by atoms with Gasteiger partial charge in [0, 0.05) is 12.3 Å². The molecule has 1 nitrogen and oxygen atoms in total. The molecule has 1 rings (SSSR count). The predicted octanol–water partition coefficient (Wildman–Crippen LogP) is 2.82. The maximum Gasteiger partial charge on any atom is 0.143 e. The van der Waals surface area contributed by atoms with Gasteiger partial charge in [-0.05, 0) is 6.08 Å². The highest BCUT2D eigenvalue weighted by Crippen LogP contribution is 2.37. The average Bonchev–Trinajstić information content (AvgIpc) is 1.94. The second kappa shape index (κ2) is 3.30. The first kappa shape index (κ1) is 8.64. The number of allylic oxidation sites excluding steroid dienone is 4. The van der Waals surface area contributed by atoms with Crippen LogP contribution in [0.25, 0.3) is 0 Å². The van der Waals surface area contributed by atoms with Crippen LogP contribution in [0.4, 0.5) is 0 Å². The van der Waals surface area contributed by atoms with Crippen LogP contribution in [-0.2, 0) is 0 Å².